The van der Waals surface area contributed by atoms with Gasteiger partial charge >= 0.3 is 0 Å². The van der Waals surface area contributed by atoms with E-state index < -0.39 is 10.0 Å². The Bertz CT molecular complexity index is 1490. The van der Waals surface area contributed by atoms with Gasteiger partial charge in [0, 0.05) is 55.3 Å². The fourth-order valence-corrected chi connectivity index (χ4v) is 5.46. The number of nitrogen functional groups attached to an aromatic ring is 1. The number of anilines is 3. The first-order valence-corrected chi connectivity index (χ1v) is 13.5. The van der Waals surface area contributed by atoms with Crippen LogP contribution in [0.15, 0.2) is 90.0 Å². The minimum absolute atomic E-state index is 0.173. The molecule has 0 unspecified atom stereocenters. The number of ether oxygens (including phenoxy) is 1. The first-order valence-electron chi connectivity index (χ1n) is 12.0. The van der Waals surface area contributed by atoms with Crippen molar-refractivity contribution in [2.45, 2.75) is 4.90 Å². The molecule has 0 saturated carbocycles. The second-order valence-electron chi connectivity index (χ2n) is 8.81. The van der Waals surface area contributed by atoms with Crippen LogP contribution in [0.5, 0.6) is 5.75 Å². The molecule has 4 N–H and O–H groups in total. The highest BCUT2D eigenvalue weighted by Gasteiger charge is 2.17. The fraction of sp³-hybridized carbons (Fsp3) is 0.179. The lowest BCUT2D eigenvalue weighted by molar-refractivity contribution is 0.415. The average molecular weight is 516 g/mol. The maximum Gasteiger partial charge on any atom is 0.261 e. The quantitative estimate of drug-likeness (QED) is 0.338. The number of pyridine rings is 1. The van der Waals surface area contributed by atoms with Crippen LogP contribution in [-0.4, -0.2) is 46.7 Å². The molecule has 1 aliphatic rings. The van der Waals surface area contributed by atoms with Crippen LogP contribution in [0.25, 0.3) is 22.3 Å². The summed E-state index contributed by atoms with van der Waals surface area (Å²) in [5, 5.41) is 3.37. The molecule has 0 radical (unpaired) electrons. The Morgan fingerprint density at radius 3 is 2.35 bits per heavy atom. The Morgan fingerprint density at radius 1 is 0.919 bits per heavy atom. The number of nitrogens with two attached hydrogens (primary N) is 1. The summed E-state index contributed by atoms with van der Waals surface area (Å²) in [6.45, 7) is 3.94. The number of piperazine rings is 1. The van der Waals surface area contributed by atoms with Gasteiger partial charge in [0.1, 0.15) is 11.6 Å². The van der Waals surface area contributed by atoms with Gasteiger partial charge < -0.3 is 20.7 Å². The summed E-state index contributed by atoms with van der Waals surface area (Å²) in [6.07, 6.45) is 1.75. The van der Waals surface area contributed by atoms with Gasteiger partial charge in [0.25, 0.3) is 10.0 Å². The predicted octanol–water partition coefficient (Wildman–Crippen LogP) is 4.22. The topological polar surface area (TPSA) is 110 Å². The second-order valence-corrected chi connectivity index (χ2v) is 10.5. The number of benzene rings is 3. The predicted molar refractivity (Wildman–Crippen MR) is 148 cm³/mol. The summed E-state index contributed by atoms with van der Waals surface area (Å²) in [5.41, 5.74) is 11.1. The minimum Gasteiger partial charge on any atom is -0.497 e. The Hall–Kier alpha value is -4.08. The van der Waals surface area contributed by atoms with Crippen molar-refractivity contribution in [3.8, 4) is 28.0 Å². The van der Waals surface area contributed by atoms with E-state index in [4.69, 9.17) is 10.5 Å². The molecule has 0 atom stereocenters. The van der Waals surface area contributed by atoms with E-state index in [9.17, 15) is 8.42 Å². The van der Waals surface area contributed by atoms with Crippen LogP contribution in [0.1, 0.15) is 0 Å². The molecular weight excluding hydrogens is 486 g/mol. The maximum absolute atomic E-state index is 12.9. The van der Waals surface area contributed by atoms with Crippen LogP contribution in [0.4, 0.5) is 17.2 Å². The van der Waals surface area contributed by atoms with Gasteiger partial charge in [-0.1, -0.05) is 30.3 Å². The maximum atomic E-state index is 12.9. The van der Waals surface area contributed by atoms with Gasteiger partial charge in [-0.25, -0.2) is 13.4 Å². The first-order chi connectivity index (χ1) is 17.9. The van der Waals surface area contributed by atoms with Crippen molar-refractivity contribution in [3.05, 3.63) is 85.1 Å². The summed E-state index contributed by atoms with van der Waals surface area (Å²) in [5.74, 6) is 0.833. The van der Waals surface area contributed by atoms with Crippen molar-refractivity contribution in [2.24, 2.45) is 0 Å². The van der Waals surface area contributed by atoms with Gasteiger partial charge in [0.15, 0.2) is 0 Å². The van der Waals surface area contributed by atoms with E-state index in [0.717, 1.165) is 37.3 Å². The molecule has 3 aromatic carbocycles. The van der Waals surface area contributed by atoms with Crippen molar-refractivity contribution in [1.82, 2.24) is 10.3 Å². The summed E-state index contributed by atoms with van der Waals surface area (Å²) in [7, 11) is -2.24. The van der Waals surface area contributed by atoms with E-state index in [2.05, 4.69) is 44.2 Å². The molecule has 4 aromatic rings. The highest BCUT2D eigenvalue weighted by molar-refractivity contribution is 7.92. The van der Waals surface area contributed by atoms with Crippen molar-refractivity contribution >= 4 is 27.2 Å². The summed E-state index contributed by atoms with van der Waals surface area (Å²) in [6, 6.07) is 23.8. The molecule has 1 aromatic heterocycles. The van der Waals surface area contributed by atoms with E-state index in [-0.39, 0.29) is 4.90 Å². The van der Waals surface area contributed by atoms with Crippen molar-refractivity contribution < 1.29 is 13.2 Å². The second kappa shape index (κ2) is 10.5. The Balaban J connectivity index is 1.47. The zero-order chi connectivity index (χ0) is 25.8. The standard InChI is InChI=1S/C28H29N5O3S/c1-36-25-16-21(15-23(18-25)32-37(34,35)26-5-3-2-4-6-26)27-17-22(19-31-28(27)29)20-7-9-24(10-8-20)33-13-11-30-12-14-33/h2-10,15-19,30,32H,11-14H2,1H3,(H2,29,31). The molecule has 37 heavy (non-hydrogen) atoms. The number of nitrogens with one attached hydrogen (secondary N) is 2. The molecule has 5 rings (SSSR count). The lowest BCUT2D eigenvalue weighted by atomic mass is 10.00. The molecule has 1 saturated heterocycles. The Morgan fingerprint density at radius 2 is 1.65 bits per heavy atom. The molecule has 9 heteroatoms. The van der Waals surface area contributed by atoms with Crippen LogP contribution in [0.2, 0.25) is 0 Å². The van der Waals surface area contributed by atoms with Gasteiger partial charge in [-0.05, 0) is 53.6 Å². The molecule has 1 fully saturated rings. The number of hydrogen-bond acceptors (Lipinski definition) is 7. The Labute approximate surface area is 217 Å². The molecule has 8 nitrogen and oxygen atoms in total. The number of aromatic nitrogens is 1. The van der Waals surface area contributed by atoms with Gasteiger partial charge in [0.05, 0.1) is 17.7 Å². The van der Waals surface area contributed by atoms with Crippen LogP contribution >= 0.6 is 0 Å². The lowest BCUT2D eigenvalue weighted by Gasteiger charge is -2.29. The molecule has 0 amide bonds. The molecule has 0 bridgehead atoms. The highest BCUT2D eigenvalue weighted by atomic mass is 32.2. The van der Waals surface area contributed by atoms with Gasteiger partial charge in [-0.2, -0.15) is 0 Å². The molecule has 2 heterocycles. The molecule has 0 spiro atoms. The van der Waals surface area contributed by atoms with E-state index in [0.29, 0.717) is 28.4 Å². The third-order valence-corrected chi connectivity index (χ3v) is 7.76. The molecule has 1 aliphatic heterocycles. The number of sulfonamides is 1. The lowest BCUT2D eigenvalue weighted by Crippen LogP contribution is -2.43. The number of nitrogens with zero attached hydrogens (tertiary/aromatic N) is 2. The Kier molecular flexibility index (Phi) is 6.98. The SMILES string of the molecule is COc1cc(NS(=O)(=O)c2ccccc2)cc(-c2cc(-c3ccc(N4CCNCC4)cc3)cnc2N)c1. The highest BCUT2D eigenvalue weighted by Crippen LogP contribution is 2.35. The van der Waals surface area contributed by atoms with Crippen LogP contribution in [0.3, 0.4) is 0 Å². The molecule has 0 aliphatic carbocycles. The zero-order valence-corrected chi connectivity index (χ0v) is 21.3. The number of methoxy groups -OCH3 is 1. The van der Waals surface area contributed by atoms with Crippen LogP contribution in [0, 0.1) is 0 Å². The smallest absolute Gasteiger partial charge is 0.261 e. The zero-order valence-electron chi connectivity index (χ0n) is 20.5. The third-order valence-electron chi connectivity index (χ3n) is 6.36. The van der Waals surface area contributed by atoms with Gasteiger partial charge in [-0.15, -0.1) is 0 Å². The van der Waals surface area contributed by atoms with E-state index >= 15 is 0 Å². The largest absolute Gasteiger partial charge is 0.497 e. The van der Waals surface area contributed by atoms with Crippen molar-refractivity contribution in [2.75, 3.05) is 48.6 Å². The molecular formula is C28H29N5O3S. The molecule has 190 valence electrons. The van der Waals surface area contributed by atoms with Crippen LogP contribution in [-0.2, 0) is 10.0 Å². The third kappa shape index (κ3) is 5.52. The van der Waals surface area contributed by atoms with Crippen LogP contribution < -0.4 is 25.4 Å². The van der Waals surface area contributed by atoms with Crippen molar-refractivity contribution in [3.63, 3.8) is 0 Å². The summed E-state index contributed by atoms with van der Waals surface area (Å²) < 4.78 is 33.9. The van der Waals surface area contributed by atoms with E-state index in [1.807, 2.05) is 12.1 Å². The van der Waals surface area contributed by atoms with E-state index in [1.54, 1.807) is 48.7 Å². The first kappa shape index (κ1) is 24.6. The van der Waals surface area contributed by atoms with Gasteiger partial charge in [0.2, 0.25) is 0 Å². The fourth-order valence-electron chi connectivity index (χ4n) is 4.40. The average Bonchev–Trinajstić information content (AvgIpc) is 2.94. The normalized spacial score (nSPS) is 13.8. The number of hydrogen-bond donors (Lipinski definition) is 3. The summed E-state index contributed by atoms with van der Waals surface area (Å²) >= 11 is 0. The van der Waals surface area contributed by atoms with Gasteiger partial charge in [-0.3, -0.25) is 4.72 Å². The summed E-state index contributed by atoms with van der Waals surface area (Å²) in [4.78, 5) is 6.97. The minimum atomic E-state index is -3.77. The number of rotatable bonds is 7. The monoisotopic (exact) mass is 515 g/mol. The van der Waals surface area contributed by atoms with E-state index in [1.165, 1.54) is 12.8 Å². The van der Waals surface area contributed by atoms with Crippen molar-refractivity contribution in [1.29, 1.82) is 0 Å².